The zero-order chi connectivity index (χ0) is 32.4. The fourth-order valence-corrected chi connectivity index (χ4v) is 6.75. The van der Waals surface area contributed by atoms with Gasteiger partial charge in [-0.3, -0.25) is 4.79 Å². The van der Waals surface area contributed by atoms with Crippen LogP contribution in [-0.4, -0.2) is 20.7 Å². The molecule has 0 bridgehead atoms. The largest absolute Gasteiger partial charge is 0.489 e. The van der Waals surface area contributed by atoms with Crippen molar-refractivity contribution in [2.75, 3.05) is 10.6 Å². The third-order valence-corrected chi connectivity index (χ3v) is 9.69. The van der Waals surface area contributed by atoms with Crippen molar-refractivity contribution in [1.29, 1.82) is 0 Å². The lowest BCUT2D eigenvalue weighted by Gasteiger charge is -2.29. The SMILES string of the molecule is CC1=C(C(=O)Nc2cccc(C)c2C)C(c2ccc(OCc3ccc(Cl)cc3Cl)cc2)n2nc(SCc3ccccc3Cl)nc2N1. The molecular weight excluding hydrogens is 661 g/mol. The van der Waals surface area contributed by atoms with Crippen LogP contribution in [0.5, 0.6) is 5.75 Å². The molecule has 0 aliphatic carbocycles. The van der Waals surface area contributed by atoms with Crippen molar-refractivity contribution in [3.05, 3.63) is 139 Å². The summed E-state index contributed by atoms with van der Waals surface area (Å²) in [6.45, 7) is 6.18. The summed E-state index contributed by atoms with van der Waals surface area (Å²) in [6, 6.07) is 26.0. The highest BCUT2D eigenvalue weighted by Crippen LogP contribution is 2.38. The van der Waals surface area contributed by atoms with Crippen LogP contribution >= 0.6 is 46.6 Å². The monoisotopic (exact) mass is 689 g/mol. The number of anilines is 2. The van der Waals surface area contributed by atoms with Crippen molar-refractivity contribution in [2.24, 2.45) is 0 Å². The van der Waals surface area contributed by atoms with E-state index in [0.29, 0.717) is 48.9 Å². The van der Waals surface area contributed by atoms with Crippen LogP contribution in [0.15, 0.2) is 101 Å². The maximum atomic E-state index is 14.0. The van der Waals surface area contributed by atoms with Gasteiger partial charge in [-0.1, -0.05) is 95.1 Å². The molecule has 5 aromatic rings. The highest BCUT2D eigenvalue weighted by molar-refractivity contribution is 7.98. The molecule has 0 radical (unpaired) electrons. The first-order valence-corrected chi connectivity index (χ1v) is 16.6. The molecule has 1 aliphatic heterocycles. The van der Waals surface area contributed by atoms with Gasteiger partial charge in [-0.2, -0.15) is 4.98 Å². The van der Waals surface area contributed by atoms with Crippen LogP contribution in [0.25, 0.3) is 0 Å². The molecule has 7 nitrogen and oxygen atoms in total. The summed E-state index contributed by atoms with van der Waals surface area (Å²) in [5, 5.41) is 13.7. The lowest BCUT2D eigenvalue weighted by atomic mass is 9.94. The van der Waals surface area contributed by atoms with Crippen LogP contribution in [0.1, 0.15) is 40.8 Å². The number of ether oxygens (including phenoxy) is 1. The van der Waals surface area contributed by atoms with Gasteiger partial charge in [0.25, 0.3) is 5.91 Å². The van der Waals surface area contributed by atoms with E-state index in [-0.39, 0.29) is 12.5 Å². The molecule has 234 valence electrons. The highest BCUT2D eigenvalue weighted by Gasteiger charge is 2.34. The van der Waals surface area contributed by atoms with Crippen LogP contribution in [-0.2, 0) is 17.2 Å². The standard InChI is InChI=1S/C35H30Cl3N5O2S/c1-20-7-6-10-30(21(20)2)40-33(44)31-22(3)39-34-41-35(46-19-25-8-4-5-9-28(25)37)42-43(34)32(31)23-12-15-27(16-13-23)45-18-24-11-14-26(36)17-29(24)38/h4-17,32H,18-19H2,1-3H3,(H,40,44)(H,39,41,42). The predicted octanol–water partition coefficient (Wildman–Crippen LogP) is 9.65. The first kappa shape index (κ1) is 32.0. The molecule has 1 aliphatic rings. The molecule has 1 unspecified atom stereocenters. The smallest absolute Gasteiger partial charge is 0.255 e. The molecule has 0 fully saturated rings. The van der Waals surface area contributed by atoms with Crippen LogP contribution in [0, 0.1) is 13.8 Å². The normalized spacial score (nSPS) is 14.1. The van der Waals surface area contributed by atoms with E-state index in [1.54, 1.807) is 16.8 Å². The predicted molar refractivity (Wildman–Crippen MR) is 187 cm³/mol. The summed E-state index contributed by atoms with van der Waals surface area (Å²) in [5.41, 5.74) is 6.74. The maximum absolute atomic E-state index is 14.0. The van der Waals surface area contributed by atoms with Crippen LogP contribution in [0.4, 0.5) is 11.6 Å². The average Bonchev–Trinajstić information content (AvgIpc) is 3.44. The van der Waals surface area contributed by atoms with E-state index >= 15 is 0 Å². The van der Waals surface area contributed by atoms with Gasteiger partial charge in [0, 0.05) is 37.8 Å². The van der Waals surface area contributed by atoms with E-state index in [1.807, 2.05) is 93.6 Å². The number of allylic oxidation sites excluding steroid dienone is 1. The summed E-state index contributed by atoms with van der Waals surface area (Å²) in [4.78, 5) is 18.8. The first-order valence-electron chi connectivity index (χ1n) is 14.5. The molecule has 0 spiro atoms. The van der Waals surface area contributed by atoms with Gasteiger partial charge in [0.05, 0.1) is 5.57 Å². The van der Waals surface area contributed by atoms with Crippen LogP contribution in [0.2, 0.25) is 15.1 Å². The molecule has 1 aromatic heterocycles. The number of amides is 1. The molecule has 2 N–H and O–H groups in total. The minimum absolute atomic E-state index is 0.229. The van der Waals surface area contributed by atoms with E-state index < -0.39 is 6.04 Å². The third-order valence-electron chi connectivity index (χ3n) is 7.85. The first-order chi connectivity index (χ1) is 22.2. The Balaban J connectivity index is 1.31. The molecule has 4 aromatic carbocycles. The van der Waals surface area contributed by atoms with Crippen molar-refractivity contribution in [2.45, 2.75) is 44.3 Å². The Labute approximate surface area is 286 Å². The number of nitrogens with zero attached hydrogens (tertiary/aromatic N) is 3. The Kier molecular flexibility index (Phi) is 9.61. The minimum atomic E-state index is -0.553. The van der Waals surface area contributed by atoms with Crippen molar-refractivity contribution >= 4 is 64.1 Å². The number of rotatable bonds is 9. The Bertz CT molecular complexity index is 1960. The third kappa shape index (κ3) is 6.90. The number of hydrogen-bond acceptors (Lipinski definition) is 6. The second kappa shape index (κ2) is 13.8. The van der Waals surface area contributed by atoms with E-state index in [2.05, 4.69) is 10.6 Å². The molecule has 6 rings (SSSR count). The topological polar surface area (TPSA) is 81.1 Å². The second-order valence-electron chi connectivity index (χ2n) is 10.9. The number of carbonyl (C=O) groups is 1. The second-order valence-corrected chi connectivity index (χ2v) is 13.1. The summed E-state index contributed by atoms with van der Waals surface area (Å²) in [6.07, 6.45) is 0. The van der Waals surface area contributed by atoms with Crippen molar-refractivity contribution in [3.63, 3.8) is 0 Å². The number of nitrogens with one attached hydrogen (secondary N) is 2. The van der Waals surface area contributed by atoms with Crippen LogP contribution in [0.3, 0.4) is 0 Å². The molecule has 46 heavy (non-hydrogen) atoms. The molecule has 2 heterocycles. The molecule has 0 saturated heterocycles. The summed E-state index contributed by atoms with van der Waals surface area (Å²) in [7, 11) is 0. The number of thioether (sulfide) groups is 1. The van der Waals surface area contributed by atoms with Crippen molar-refractivity contribution in [3.8, 4) is 5.75 Å². The summed E-state index contributed by atoms with van der Waals surface area (Å²) < 4.78 is 7.80. The zero-order valence-corrected chi connectivity index (χ0v) is 28.4. The molecule has 0 saturated carbocycles. The van der Waals surface area contributed by atoms with Gasteiger partial charge in [0.1, 0.15) is 18.4 Å². The Hall–Kier alpha value is -3.95. The minimum Gasteiger partial charge on any atom is -0.489 e. The summed E-state index contributed by atoms with van der Waals surface area (Å²) in [5.74, 6) is 1.57. The number of halogens is 3. The lowest BCUT2D eigenvalue weighted by Crippen LogP contribution is -2.31. The summed E-state index contributed by atoms with van der Waals surface area (Å²) >= 11 is 20.2. The molecule has 1 atom stereocenters. The Morgan fingerprint density at radius 2 is 1.72 bits per heavy atom. The maximum Gasteiger partial charge on any atom is 0.255 e. The van der Waals surface area contributed by atoms with Crippen LogP contribution < -0.4 is 15.4 Å². The van der Waals surface area contributed by atoms with Gasteiger partial charge in [-0.05, 0) is 79.4 Å². The number of aryl methyl sites for hydroxylation is 1. The van der Waals surface area contributed by atoms with E-state index in [9.17, 15) is 4.79 Å². The van der Waals surface area contributed by atoms with Gasteiger partial charge in [-0.15, -0.1) is 5.10 Å². The zero-order valence-electron chi connectivity index (χ0n) is 25.3. The number of hydrogen-bond donors (Lipinski definition) is 2. The fraction of sp³-hybridized carbons (Fsp3) is 0.171. The molecule has 1 amide bonds. The number of aromatic nitrogens is 3. The van der Waals surface area contributed by atoms with Crippen molar-refractivity contribution < 1.29 is 9.53 Å². The molecular formula is C35H30Cl3N5O2S. The lowest BCUT2D eigenvalue weighted by molar-refractivity contribution is -0.113. The van der Waals surface area contributed by atoms with Gasteiger partial charge in [0.2, 0.25) is 11.1 Å². The fourth-order valence-electron chi connectivity index (χ4n) is 5.17. The molecule has 11 heteroatoms. The average molecular weight is 691 g/mol. The quantitative estimate of drug-likeness (QED) is 0.150. The Morgan fingerprint density at radius 3 is 2.48 bits per heavy atom. The Morgan fingerprint density at radius 1 is 0.935 bits per heavy atom. The van der Waals surface area contributed by atoms with Gasteiger partial charge in [0.15, 0.2) is 0 Å². The van der Waals surface area contributed by atoms with Gasteiger partial charge in [-0.25, -0.2) is 4.68 Å². The highest BCUT2D eigenvalue weighted by atomic mass is 35.5. The number of fused-ring (bicyclic) bond motifs is 1. The van der Waals surface area contributed by atoms with Gasteiger partial charge < -0.3 is 15.4 Å². The van der Waals surface area contributed by atoms with E-state index in [0.717, 1.165) is 33.5 Å². The number of benzene rings is 4. The number of carbonyl (C=O) groups excluding carboxylic acids is 1. The van der Waals surface area contributed by atoms with E-state index in [1.165, 1.54) is 11.8 Å². The van der Waals surface area contributed by atoms with E-state index in [4.69, 9.17) is 49.6 Å². The van der Waals surface area contributed by atoms with Gasteiger partial charge >= 0.3 is 0 Å². The van der Waals surface area contributed by atoms with Crippen molar-refractivity contribution in [1.82, 2.24) is 14.8 Å².